The van der Waals surface area contributed by atoms with E-state index in [-0.39, 0.29) is 11.4 Å². The van der Waals surface area contributed by atoms with Crippen LogP contribution >= 0.6 is 0 Å². The van der Waals surface area contributed by atoms with E-state index < -0.39 is 21.0 Å². The van der Waals surface area contributed by atoms with Gasteiger partial charge < -0.3 is 4.98 Å². The van der Waals surface area contributed by atoms with Crippen molar-refractivity contribution in [3.63, 3.8) is 0 Å². The van der Waals surface area contributed by atoms with Crippen molar-refractivity contribution in [3.05, 3.63) is 82.3 Å². The molecule has 0 aliphatic heterocycles. The van der Waals surface area contributed by atoms with E-state index in [4.69, 9.17) is 0 Å². The summed E-state index contributed by atoms with van der Waals surface area (Å²) in [5.41, 5.74) is 2.16. The molecule has 3 rings (SSSR count). The van der Waals surface area contributed by atoms with Gasteiger partial charge in [-0.3, -0.25) is 10.1 Å². The van der Waals surface area contributed by atoms with Crippen LogP contribution in [0.15, 0.2) is 60.8 Å². The monoisotopic (exact) mass is 400 g/mol. The molecular formula is C19H20N4O4S. The van der Waals surface area contributed by atoms with Gasteiger partial charge in [-0.05, 0) is 17.5 Å². The lowest BCUT2D eigenvalue weighted by atomic mass is 10.2. The first-order valence-electron chi connectivity index (χ1n) is 8.71. The van der Waals surface area contributed by atoms with Crippen LogP contribution in [0.4, 0.5) is 5.69 Å². The van der Waals surface area contributed by atoms with Gasteiger partial charge in [0, 0.05) is 12.1 Å². The summed E-state index contributed by atoms with van der Waals surface area (Å²) < 4.78 is 27.8. The Morgan fingerprint density at radius 3 is 2.43 bits per heavy atom. The van der Waals surface area contributed by atoms with Crippen LogP contribution < -0.4 is 4.72 Å². The van der Waals surface area contributed by atoms with Crippen molar-refractivity contribution in [2.75, 3.05) is 0 Å². The summed E-state index contributed by atoms with van der Waals surface area (Å²) in [6.07, 6.45) is 2.19. The molecule has 3 aromatic rings. The molecule has 2 N–H and O–H groups in total. The molecule has 1 heterocycles. The number of aromatic nitrogens is 2. The number of H-pyrrole nitrogens is 1. The quantitative estimate of drug-likeness (QED) is 0.443. The molecule has 0 saturated carbocycles. The maximum atomic E-state index is 12.6. The predicted octanol–water partition coefficient (Wildman–Crippen LogP) is 3.56. The van der Waals surface area contributed by atoms with E-state index in [1.165, 1.54) is 24.3 Å². The van der Waals surface area contributed by atoms with Crippen molar-refractivity contribution < 1.29 is 13.3 Å². The molecular weight excluding hydrogens is 380 g/mol. The number of nitro benzene ring substituents is 1. The maximum Gasteiger partial charge on any atom is 0.269 e. The molecule has 0 amide bonds. The van der Waals surface area contributed by atoms with Crippen LogP contribution in [0.5, 0.6) is 0 Å². The second-order valence-electron chi connectivity index (χ2n) is 6.31. The number of hydrogen-bond donors (Lipinski definition) is 2. The highest BCUT2D eigenvalue weighted by atomic mass is 32.2. The van der Waals surface area contributed by atoms with Gasteiger partial charge in [-0.15, -0.1) is 0 Å². The summed E-state index contributed by atoms with van der Waals surface area (Å²) in [5, 5.41) is 10.7. The normalized spacial score (nSPS) is 12.6. The van der Waals surface area contributed by atoms with E-state index in [0.29, 0.717) is 17.8 Å². The summed E-state index contributed by atoms with van der Waals surface area (Å²) in [5.74, 6) is 0.266. The number of nitro groups is 1. The number of hydrogen-bond acceptors (Lipinski definition) is 5. The Morgan fingerprint density at radius 1 is 1.14 bits per heavy atom. The topological polar surface area (TPSA) is 118 Å². The number of nitrogens with zero attached hydrogens (tertiary/aromatic N) is 2. The predicted molar refractivity (Wildman–Crippen MR) is 106 cm³/mol. The highest BCUT2D eigenvalue weighted by Gasteiger charge is 2.21. The molecule has 0 radical (unpaired) electrons. The number of aromatic amines is 1. The van der Waals surface area contributed by atoms with Gasteiger partial charge in [-0.2, -0.15) is 0 Å². The molecule has 0 bridgehead atoms. The van der Waals surface area contributed by atoms with Crippen LogP contribution in [0.3, 0.4) is 0 Å². The zero-order valence-corrected chi connectivity index (χ0v) is 16.0. The van der Waals surface area contributed by atoms with Crippen LogP contribution in [0.1, 0.15) is 30.8 Å². The molecule has 0 aliphatic rings. The number of nitrogens with one attached hydrogen (secondary N) is 2. The van der Waals surface area contributed by atoms with Crippen molar-refractivity contribution in [2.45, 2.75) is 25.1 Å². The maximum absolute atomic E-state index is 12.6. The van der Waals surface area contributed by atoms with Crippen LogP contribution in [0.2, 0.25) is 0 Å². The average Bonchev–Trinajstić information content (AvgIpc) is 3.17. The number of sulfonamides is 1. The summed E-state index contributed by atoms with van der Waals surface area (Å²) in [7, 11) is -3.66. The summed E-state index contributed by atoms with van der Waals surface area (Å²) in [6, 6.07) is 14.6. The minimum atomic E-state index is -3.66. The molecule has 0 saturated heterocycles. The molecule has 1 atom stereocenters. The Balaban J connectivity index is 1.73. The standard InChI is InChI=1S/C19H20N4O4S/c1-2-17(19-20-12-18(21-19)15-6-4-3-5-7-15)22-28(26,27)13-14-8-10-16(11-9-14)23(24)25/h3-12,17,22H,2,13H2,1H3,(H,20,21). The zero-order chi connectivity index (χ0) is 20.1. The van der Waals surface area contributed by atoms with Gasteiger partial charge in [-0.1, -0.05) is 49.4 Å². The Morgan fingerprint density at radius 2 is 1.82 bits per heavy atom. The molecule has 146 valence electrons. The Kier molecular flexibility index (Phi) is 5.86. The Labute approximate surface area is 162 Å². The van der Waals surface area contributed by atoms with Gasteiger partial charge in [0.2, 0.25) is 10.0 Å². The van der Waals surface area contributed by atoms with Crippen LogP contribution in [0.25, 0.3) is 11.3 Å². The second-order valence-corrected chi connectivity index (χ2v) is 8.06. The van der Waals surface area contributed by atoms with Gasteiger partial charge >= 0.3 is 0 Å². The van der Waals surface area contributed by atoms with Crippen molar-refractivity contribution in [3.8, 4) is 11.3 Å². The summed E-state index contributed by atoms with van der Waals surface area (Å²) >= 11 is 0. The lowest BCUT2D eigenvalue weighted by Crippen LogP contribution is -2.30. The van der Waals surface area contributed by atoms with Gasteiger partial charge in [0.05, 0.1) is 28.6 Å². The number of rotatable bonds is 8. The molecule has 8 nitrogen and oxygen atoms in total. The van der Waals surface area contributed by atoms with Gasteiger partial charge in [0.15, 0.2) is 0 Å². The fraction of sp³-hybridized carbons (Fsp3) is 0.211. The van der Waals surface area contributed by atoms with Crippen molar-refractivity contribution in [2.24, 2.45) is 0 Å². The zero-order valence-electron chi connectivity index (χ0n) is 15.2. The van der Waals surface area contributed by atoms with Crippen molar-refractivity contribution in [1.29, 1.82) is 0 Å². The summed E-state index contributed by atoms with van der Waals surface area (Å²) in [4.78, 5) is 17.7. The molecule has 0 fully saturated rings. The molecule has 2 aromatic carbocycles. The lowest BCUT2D eigenvalue weighted by molar-refractivity contribution is -0.384. The lowest BCUT2D eigenvalue weighted by Gasteiger charge is -2.15. The highest BCUT2D eigenvalue weighted by molar-refractivity contribution is 7.88. The van der Waals surface area contributed by atoms with Crippen LogP contribution in [-0.2, 0) is 15.8 Å². The first kappa shape index (κ1) is 19.7. The number of non-ortho nitro benzene ring substituents is 1. The summed E-state index contributed by atoms with van der Waals surface area (Å²) in [6.45, 7) is 1.86. The van der Waals surface area contributed by atoms with Gasteiger partial charge in [0.1, 0.15) is 5.82 Å². The van der Waals surface area contributed by atoms with Crippen molar-refractivity contribution in [1.82, 2.24) is 14.7 Å². The van der Waals surface area contributed by atoms with Crippen LogP contribution in [0, 0.1) is 10.1 Å². The van der Waals surface area contributed by atoms with E-state index >= 15 is 0 Å². The van der Waals surface area contributed by atoms with E-state index in [9.17, 15) is 18.5 Å². The van der Waals surface area contributed by atoms with E-state index in [1.807, 2.05) is 37.3 Å². The number of benzene rings is 2. The average molecular weight is 400 g/mol. The fourth-order valence-electron chi connectivity index (χ4n) is 2.80. The Hall–Kier alpha value is -3.04. The molecule has 0 spiro atoms. The molecule has 0 aliphatic carbocycles. The SMILES string of the molecule is CCC(NS(=O)(=O)Cc1ccc([N+](=O)[O-])cc1)c1ncc(-c2ccccc2)[nH]1. The van der Waals surface area contributed by atoms with Crippen molar-refractivity contribution >= 4 is 15.7 Å². The fourth-order valence-corrected chi connectivity index (χ4v) is 4.23. The van der Waals surface area contributed by atoms with Crippen LogP contribution in [-0.4, -0.2) is 23.3 Å². The second kappa shape index (κ2) is 8.32. The largest absolute Gasteiger partial charge is 0.341 e. The minimum Gasteiger partial charge on any atom is -0.341 e. The smallest absolute Gasteiger partial charge is 0.269 e. The third-order valence-electron chi connectivity index (χ3n) is 4.24. The molecule has 9 heteroatoms. The Bertz CT molecular complexity index is 1050. The van der Waals surface area contributed by atoms with E-state index in [0.717, 1.165) is 11.3 Å². The van der Waals surface area contributed by atoms with E-state index in [1.54, 1.807) is 6.20 Å². The third kappa shape index (κ3) is 4.81. The first-order valence-corrected chi connectivity index (χ1v) is 10.4. The molecule has 1 unspecified atom stereocenters. The minimum absolute atomic E-state index is 0.0791. The first-order chi connectivity index (χ1) is 13.4. The van der Waals surface area contributed by atoms with E-state index in [2.05, 4.69) is 14.7 Å². The number of imidazole rings is 1. The molecule has 28 heavy (non-hydrogen) atoms. The third-order valence-corrected chi connectivity index (χ3v) is 5.60. The molecule has 1 aromatic heterocycles. The van der Waals surface area contributed by atoms with Gasteiger partial charge in [-0.25, -0.2) is 18.1 Å². The highest BCUT2D eigenvalue weighted by Crippen LogP contribution is 2.22. The van der Waals surface area contributed by atoms with Gasteiger partial charge in [0.25, 0.3) is 5.69 Å².